The van der Waals surface area contributed by atoms with Crippen molar-refractivity contribution in [2.75, 3.05) is 20.2 Å². The molecule has 4 heteroatoms. The Bertz CT molecular complexity index is 349. The van der Waals surface area contributed by atoms with E-state index in [0.717, 1.165) is 18.8 Å². The molecule has 16 heavy (non-hydrogen) atoms. The standard InChI is InChI=1S/C12H18N2O2/c1-9(2)14-7-11(8-14)16-12-6-10(15-3)4-5-13-12/h4-6,9,11H,7-8H2,1-3H3. The molecule has 1 aliphatic heterocycles. The molecule has 1 aliphatic rings. The molecule has 0 aliphatic carbocycles. The Morgan fingerprint density at radius 2 is 2.19 bits per heavy atom. The lowest BCUT2D eigenvalue weighted by Crippen LogP contribution is -2.56. The van der Waals surface area contributed by atoms with Crippen molar-refractivity contribution in [3.05, 3.63) is 18.3 Å². The third kappa shape index (κ3) is 2.44. The number of aromatic nitrogens is 1. The molecule has 4 nitrogen and oxygen atoms in total. The number of ether oxygens (including phenoxy) is 2. The molecule has 1 aromatic heterocycles. The molecule has 0 radical (unpaired) electrons. The van der Waals surface area contributed by atoms with Gasteiger partial charge in [-0.05, 0) is 19.9 Å². The normalized spacial score (nSPS) is 17.2. The smallest absolute Gasteiger partial charge is 0.217 e. The first kappa shape index (κ1) is 11.2. The van der Waals surface area contributed by atoms with Gasteiger partial charge in [0.25, 0.3) is 0 Å². The van der Waals surface area contributed by atoms with Crippen LogP contribution in [0.5, 0.6) is 11.6 Å². The average Bonchev–Trinajstić information content (AvgIpc) is 2.22. The highest BCUT2D eigenvalue weighted by molar-refractivity contribution is 5.26. The minimum atomic E-state index is 0.266. The summed E-state index contributed by atoms with van der Waals surface area (Å²) >= 11 is 0. The van der Waals surface area contributed by atoms with Crippen molar-refractivity contribution in [2.45, 2.75) is 26.0 Å². The van der Waals surface area contributed by atoms with Gasteiger partial charge in [-0.25, -0.2) is 4.98 Å². The SMILES string of the molecule is COc1ccnc(OC2CN(C(C)C)C2)c1. The topological polar surface area (TPSA) is 34.6 Å². The molecule has 0 aromatic carbocycles. The summed E-state index contributed by atoms with van der Waals surface area (Å²) in [6.07, 6.45) is 1.97. The van der Waals surface area contributed by atoms with Crippen molar-refractivity contribution in [3.63, 3.8) is 0 Å². The quantitative estimate of drug-likeness (QED) is 0.774. The molecular weight excluding hydrogens is 204 g/mol. The van der Waals surface area contributed by atoms with Crippen LogP contribution in [0.1, 0.15) is 13.8 Å². The Balaban J connectivity index is 1.86. The van der Waals surface area contributed by atoms with Gasteiger partial charge < -0.3 is 9.47 Å². The zero-order chi connectivity index (χ0) is 11.5. The minimum Gasteiger partial charge on any atom is -0.497 e. The van der Waals surface area contributed by atoms with Gasteiger partial charge in [-0.3, -0.25) is 4.90 Å². The summed E-state index contributed by atoms with van der Waals surface area (Å²) in [5.74, 6) is 1.43. The monoisotopic (exact) mass is 222 g/mol. The van der Waals surface area contributed by atoms with Crippen LogP contribution in [0.15, 0.2) is 18.3 Å². The molecule has 0 bridgehead atoms. The average molecular weight is 222 g/mol. The van der Waals surface area contributed by atoms with Crippen LogP contribution in [0, 0.1) is 0 Å². The van der Waals surface area contributed by atoms with Gasteiger partial charge in [-0.1, -0.05) is 0 Å². The van der Waals surface area contributed by atoms with Crippen LogP contribution in [0.25, 0.3) is 0 Å². The number of rotatable bonds is 4. The Hall–Kier alpha value is -1.29. The lowest BCUT2D eigenvalue weighted by molar-refractivity contribution is -0.00238. The van der Waals surface area contributed by atoms with E-state index in [1.807, 2.05) is 12.1 Å². The Kier molecular flexibility index (Phi) is 3.29. The second-order valence-corrected chi connectivity index (χ2v) is 4.32. The summed E-state index contributed by atoms with van der Waals surface area (Å²) in [5.41, 5.74) is 0. The number of hydrogen-bond donors (Lipinski definition) is 0. The third-order valence-electron chi connectivity index (χ3n) is 2.84. The van der Waals surface area contributed by atoms with Crippen LogP contribution in [-0.4, -0.2) is 42.2 Å². The molecule has 2 heterocycles. The fourth-order valence-electron chi connectivity index (χ4n) is 1.72. The Morgan fingerprint density at radius 1 is 1.44 bits per heavy atom. The number of nitrogens with zero attached hydrogens (tertiary/aromatic N) is 2. The highest BCUT2D eigenvalue weighted by Gasteiger charge is 2.30. The summed E-state index contributed by atoms with van der Waals surface area (Å²) in [6.45, 7) is 6.35. The summed E-state index contributed by atoms with van der Waals surface area (Å²) in [4.78, 5) is 6.52. The van der Waals surface area contributed by atoms with E-state index < -0.39 is 0 Å². The van der Waals surface area contributed by atoms with Crippen molar-refractivity contribution < 1.29 is 9.47 Å². The maximum Gasteiger partial charge on any atom is 0.217 e. The van der Waals surface area contributed by atoms with Gasteiger partial charge >= 0.3 is 0 Å². The highest BCUT2D eigenvalue weighted by atomic mass is 16.5. The Morgan fingerprint density at radius 3 is 2.81 bits per heavy atom. The first-order chi connectivity index (χ1) is 7.69. The molecule has 0 atom stereocenters. The van der Waals surface area contributed by atoms with E-state index in [1.54, 1.807) is 13.3 Å². The van der Waals surface area contributed by atoms with Crippen molar-refractivity contribution in [2.24, 2.45) is 0 Å². The summed E-state index contributed by atoms with van der Waals surface area (Å²) in [5, 5.41) is 0. The van der Waals surface area contributed by atoms with Gasteiger partial charge in [-0.2, -0.15) is 0 Å². The van der Waals surface area contributed by atoms with E-state index in [0.29, 0.717) is 11.9 Å². The summed E-state index contributed by atoms with van der Waals surface area (Å²) in [7, 11) is 1.64. The van der Waals surface area contributed by atoms with Crippen LogP contribution in [-0.2, 0) is 0 Å². The van der Waals surface area contributed by atoms with Crippen molar-refractivity contribution in [1.82, 2.24) is 9.88 Å². The molecule has 0 N–H and O–H groups in total. The van der Waals surface area contributed by atoms with Crippen molar-refractivity contribution >= 4 is 0 Å². The first-order valence-corrected chi connectivity index (χ1v) is 5.60. The maximum absolute atomic E-state index is 5.74. The number of methoxy groups -OCH3 is 1. The number of pyridine rings is 1. The van der Waals surface area contributed by atoms with Gasteiger partial charge in [0.1, 0.15) is 11.9 Å². The lowest BCUT2D eigenvalue weighted by atomic mass is 10.1. The molecule has 0 amide bonds. The first-order valence-electron chi connectivity index (χ1n) is 5.60. The lowest BCUT2D eigenvalue weighted by Gasteiger charge is -2.41. The summed E-state index contributed by atoms with van der Waals surface area (Å²) in [6, 6.07) is 4.23. The van der Waals surface area contributed by atoms with E-state index in [2.05, 4.69) is 23.7 Å². The van der Waals surface area contributed by atoms with Crippen LogP contribution in [0.3, 0.4) is 0 Å². The van der Waals surface area contributed by atoms with E-state index in [-0.39, 0.29) is 6.10 Å². The zero-order valence-corrected chi connectivity index (χ0v) is 10.0. The molecule has 1 aromatic rings. The van der Waals surface area contributed by atoms with Crippen LogP contribution in [0.4, 0.5) is 0 Å². The summed E-state index contributed by atoms with van der Waals surface area (Å²) < 4.78 is 10.9. The molecule has 0 saturated carbocycles. The van der Waals surface area contributed by atoms with E-state index >= 15 is 0 Å². The highest BCUT2D eigenvalue weighted by Crippen LogP contribution is 2.21. The zero-order valence-electron chi connectivity index (χ0n) is 10.0. The van der Waals surface area contributed by atoms with Crippen molar-refractivity contribution in [1.29, 1.82) is 0 Å². The minimum absolute atomic E-state index is 0.266. The second-order valence-electron chi connectivity index (χ2n) is 4.32. The predicted molar refractivity (Wildman–Crippen MR) is 61.9 cm³/mol. The van der Waals surface area contributed by atoms with Crippen LogP contribution in [0.2, 0.25) is 0 Å². The molecule has 1 saturated heterocycles. The molecule has 88 valence electrons. The van der Waals surface area contributed by atoms with Crippen LogP contribution < -0.4 is 9.47 Å². The van der Waals surface area contributed by atoms with Crippen LogP contribution >= 0.6 is 0 Å². The molecule has 1 fully saturated rings. The predicted octanol–water partition coefficient (Wildman–Crippen LogP) is 1.56. The fraction of sp³-hybridized carbons (Fsp3) is 0.583. The fourth-order valence-corrected chi connectivity index (χ4v) is 1.72. The number of likely N-dealkylation sites (tertiary alicyclic amines) is 1. The van der Waals surface area contributed by atoms with E-state index in [1.165, 1.54) is 0 Å². The van der Waals surface area contributed by atoms with E-state index in [9.17, 15) is 0 Å². The molecular formula is C12H18N2O2. The third-order valence-corrected chi connectivity index (χ3v) is 2.84. The van der Waals surface area contributed by atoms with Gasteiger partial charge in [0.2, 0.25) is 5.88 Å². The number of hydrogen-bond acceptors (Lipinski definition) is 4. The van der Waals surface area contributed by atoms with Gasteiger partial charge in [0, 0.05) is 31.4 Å². The van der Waals surface area contributed by atoms with Crippen molar-refractivity contribution in [3.8, 4) is 11.6 Å². The van der Waals surface area contributed by atoms with E-state index in [4.69, 9.17) is 9.47 Å². The maximum atomic E-state index is 5.74. The van der Waals surface area contributed by atoms with Gasteiger partial charge in [0.15, 0.2) is 0 Å². The molecule has 0 spiro atoms. The largest absolute Gasteiger partial charge is 0.497 e. The second kappa shape index (κ2) is 4.70. The molecule has 2 rings (SSSR count). The van der Waals surface area contributed by atoms with Gasteiger partial charge in [-0.15, -0.1) is 0 Å². The Labute approximate surface area is 96.2 Å². The van der Waals surface area contributed by atoms with Gasteiger partial charge in [0.05, 0.1) is 7.11 Å². The molecule has 0 unspecified atom stereocenters.